The van der Waals surface area contributed by atoms with Gasteiger partial charge in [-0.1, -0.05) is 84.4 Å². The largest absolute Gasteiger partial charge is 0.496 e. The van der Waals surface area contributed by atoms with Gasteiger partial charge in [0.1, 0.15) is 11.8 Å². The number of hydrogen-bond acceptors (Lipinski definition) is 4. The second-order valence-corrected chi connectivity index (χ2v) is 11.2. The standard InChI is InChI=1S/C33H34BrN3O3/c1-4-22(2)32(38)35-28-21-36(19-23-10-6-5-7-11-23)29-12-8-9-13-30(29)37(33(28)39)20-27-26-16-15-25(34)18-24(26)14-17-31(27)40-3/h5-18,22,28H,4,19-21H2,1-3H3,(H,35,38)/t22-,28+/m1/s1. The Morgan fingerprint density at radius 2 is 1.73 bits per heavy atom. The quantitative estimate of drug-likeness (QED) is 0.245. The van der Waals surface area contributed by atoms with Crippen LogP contribution in [0.3, 0.4) is 0 Å². The first-order valence-corrected chi connectivity index (χ1v) is 14.4. The average molecular weight is 601 g/mol. The Morgan fingerprint density at radius 1 is 1.00 bits per heavy atom. The molecule has 40 heavy (non-hydrogen) atoms. The van der Waals surface area contributed by atoms with E-state index in [2.05, 4.69) is 56.5 Å². The number of carbonyl (C=O) groups excluding carboxylic acids is 2. The van der Waals surface area contributed by atoms with E-state index in [0.717, 1.165) is 37.7 Å². The molecule has 2 amide bonds. The number of nitrogens with one attached hydrogen (secondary N) is 1. The summed E-state index contributed by atoms with van der Waals surface area (Å²) in [5.74, 6) is 0.270. The van der Waals surface area contributed by atoms with Crippen LogP contribution in [0, 0.1) is 5.92 Å². The fourth-order valence-electron chi connectivity index (χ4n) is 5.24. The Labute approximate surface area is 244 Å². The number of carbonyl (C=O) groups is 2. The van der Waals surface area contributed by atoms with Gasteiger partial charge in [-0.05, 0) is 53.1 Å². The number of methoxy groups -OCH3 is 1. The van der Waals surface area contributed by atoms with Gasteiger partial charge in [0.15, 0.2) is 0 Å². The molecule has 2 atom stereocenters. The van der Waals surface area contributed by atoms with Gasteiger partial charge in [-0.2, -0.15) is 0 Å². The zero-order valence-electron chi connectivity index (χ0n) is 23.1. The fraction of sp³-hybridized carbons (Fsp3) is 0.273. The Balaban J connectivity index is 1.62. The second kappa shape index (κ2) is 12.1. The highest BCUT2D eigenvalue weighted by molar-refractivity contribution is 9.10. The molecule has 6 nitrogen and oxygen atoms in total. The van der Waals surface area contributed by atoms with Gasteiger partial charge in [0.25, 0.3) is 5.91 Å². The summed E-state index contributed by atoms with van der Waals surface area (Å²) in [5, 5.41) is 5.15. The molecule has 0 bridgehead atoms. The summed E-state index contributed by atoms with van der Waals surface area (Å²) in [4.78, 5) is 31.5. The Morgan fingerprint density at radius 3 is 2.45 bits per heavy atom. The van der Waals surface area contributed by atoms with Gasteiger partial charge in [-0.25, -0.2) is 0 Å². The van der Waals surface area contributed by atoms with Crippen LogP contribution in [-0.2, 0) is 22.7 Å². The summed E-state index contributed by atoms with van der Waals surface area (Å²) in [6, 6.07) is 27.5. The van der Waals surface area contributed by atoms with Gasteiger partial charge >= 0.3 is 0 Å². The van der Waals surface area contributed by atoms with Crippen molar-refractivity contribution in [1.82, 2.24) is 5.32 Å². The van der Waals surface area contributed by atoms with E-state index in [9.17, 15) is 9.59 Å². The molecular formula is C33H34BrN3O3. The number of fused-ring (bicyclic) bond motifs is 2. The summed E-state index contributed by atoms with van der Waals surface area (Å²) >= 11 is 3.57. The molecule has 4 aromatic carbocycles. The monoisotopic (exact) mass is 599 g/mol. The molecular weight excluding hydrogens is 566 g/mol. The van der Waals surface area contributed by atoms with Crippen LogP contribution < -0.4 is 19.9 Å². The Kier molecular flexibility index (Phi) is 8.40. The van der Waals surface area contributed by atoms with Crippen LogP contribution in [0.1, 0.15) is 31.4 Å². The van der Waals surface area contributed by atoms with Gasteiger partial charge < -0.3 is 19.9 Å². The highest BCUT2D eigenvalue weighted by atomic mass is 79.9. The average Bonchev–Trinajstić information content (AvgIpc) is 3.08. The van der Waals surface area contributed by atoms with E-state index in [-0.39, 0.29) is 17.7 Å². The Hall–Kier alpha value is -3.84. The van der Waals surface area contributed by atoms with Crippen molar-refractivity contribution in [3.63, 3.8) is 0 Å². The molecule has 0 radical (unpaired) electrons. The first-order valence-electron chi connectivity index (χ1n) is 13.6. The van der Waals surface area contributed by atoms with Crippen LogP contribution in [0.4, 0.5) is 11.4 Å². The molecule has 7 heteroatoms. The van der Waals surface area contributed by atoms with E-state index in [1.165, 1.54) is 0 Å². The lowest BCUT2D eigenvalue weighted by molar-refractivity contribution is -0.129. The smallest absolute Gasteiger partial charge is 0.251 e. The minimum absolute atomic E-state index is 0.112. The summed E-state index contributed by atoms with van der Waals surface area (Å²) in [6.07, 6.45) is 0.702. The molecule has 0 aliphatic carbocycles. The normalized spacial score (nSPS) is 15.9. The van der Waals surface area contributed by atoms with Crippen molar-refractivity contribution in [3.05, 3.63) is 101 Å². The van der Waals surface area contributed by atoms with Gasteiger partial charge in [0.2, 0.25) is 5.91 Å². The van der Waals surface area contributed by atoms with Crippen molar-refractivity contribution in [2.45, 2.75) is 39.4 Å². The number of para-hydroxylation sites is 2. The molecule has 0 saturated heterocycles. The minimum atomic E-state index is -0.715. The predicted molar refractivity (Wildman–Crippen MR) is 165 cm³/mol. The van der Waals surface area contributed by atoms with Crippen molar-refractivity contribution in [2.75, 3.05) is 23.5 Å². The lowest BCUT2D eigenvalue weighted by Crippen LogP contribution is -2.53. The molecule has 0 fully saturated rings. The van der Waals surface area contributed by atoms with Gasteiger partial charge in [0, 0.05) is 29.0 Å². The number of benzene rings is 4. The predicted octanol–water partition coefficient (Wildman–Crippen LogP) is 6.70. The summed E-state index contributed by atoms with van der Waals surface area (Å²) in [5.41, 5.74) is 3.80. The number of amides is 2. The maximum Gasteiger partial charge on any atom is 0.251 e. The number of nitrogens with zero attached hydrogens (tertiary/aromatic N) is 2. The van der Waals surface area contributed by atoms with Crippen LogP contribution in [0.25, 0.3) is 10.8 Å². The van der Waals surface area contributed by atoms with Gasteiger partial charge in [-0.3, -0.25) is 9.59 Å². The molecule has 0 aromatic heterocycles. The number of halogens is 1. The number of anilines is 2. The van der Waals surface area contributed by atoms with Crippen molar-refractivity contribution >= 4 is 49.9 Å². The van der Waals surface area contributed by atoms with E-state index in [0.29, 0.717) is 31.8 Å². The van der Waals surface area contributed by atoms with Crippen LogP contribution in [0.2, 0.25) is 0 Å². The van der Waals surface area contributed by atoms with Crippen molar-refractivity contribution in [2.24, 2.45) is 5.92 Å². The number of rotatable bonds is 8. The molecule has 0 unspecified atom stereocenters. The molecule has 206 valence electrons. The summed E-state index contributed by atoms with van der Waals surface area (Å²) in [6.45, 7) is 5.15. The van der Waals surface area contributed by atoms with Crippen LogP contribution in [-0.4, -0.2) is 31.5 Å². The minimum Gasteiger partial charge on any atom is -0.496 e. The van der Waals surface area contributed by atoms with Crippen LogP contribution in [0.15, 0.2) is 89.4 Å². The molecule has 1 heterocycles. The van der Waals surface area contributed by atoms with E-state index < -0.39 is 6.04 Å². The van der Waals surface area contributed by atoms with Crippen LogP contribution in [0.5, 0.6) is 5.75 Å². The molecule has 4 aromatic rings. The van der Waals surface area contributed by atoms with E-state index in [1.54, 1.807) is 12.0 Å². The molecule has 1 N–H and O–H groups in total. The third kappa shape index (κ3) is 5.70. The van der Waals surface area contributed by atoms with Crippen molar-refractivity contribution in [3.8, 4) is 5.75 Å². The summed E-state index contributed by atoms with van der Waals surface area (Å²) in [7, 11) is 1.65. The van der Waals surface area contributed by atoms with Gasteiger partial charge in [0.05, 0.1) is 25.0 Å². The third-order valence-corrected chi connectivity index (χ3v) is 8.15. The van der Waals surface area contributed by atoms with Crippen molar-refractivity contribution < 1.29 is 14.3 Å². The zero-order valence-corrected chi connectivity index (χ0v) is 24.6. The number of hydrogen-bond donors (Lipinski definition) is 1. The molecule has 0 spiro atoms. The maximum atomic E-state index is 14.4. The SMILES string of the molecule is CC[C@@H](C)C(=O)N[C@H]1CN(Cc2ccccc2)c2ccccc2N(Cc2c(OC)ccc3cc(Br)ccc23)C1=O. The third-order valence-electron chi connectivity index (χ3n) is 7.66. The fourth-order valence-corrected chi connectivity index (χ4v) is 5.62. The lowest BCUT2D eigenvalue weighted by atomic mass is 10.0. The van der Waals surface area contributed by atoms with Gasteiger partial charge in [-0.15, -0.1) is 0 Å². The first kappa shape index (κ1) is 27.7. The molecule has 1 aliphatic heterocycles. The number of ether oxygens (including phenoxy) is 1. The highest BCUT2D eigenvalue weighted by Gasteiger charge is 2.36. The lowest BCUT2D eigenvalue weighted by Gasteiger charge is -2.27. The van der Waals surface area contributed by atoms with Crippen LogP contribution >= 0.6 is 15.9 Å². The second-order valence-electron chi connectivity index (χ2n) is 10.3. The molecule has 1 aliphatic rings. The first-order chi connectivity index (χ1) is 19.4. The topological polar surface area (TPSA) is 61.9 Å². The molecule has 0 saturated carbocycles. The zero-order chi connectivity index (χ0) is 28.2. The van der Waals surface area contributed by atoms with E-state index >= 15 is 0 Å². The van der Waals surface area contributed by atoms with Crippen molar-refractivity contribution in [1.29, 1.82) is 0 Å². The highest BCUT2D eigenvalue weighted by Crippen LogP contribution is 2.38. The molecule has 5 rings (SSSR count). The summed E-state index contributed by atoms with van der Waals surface area (Å²) < 4.78 is 6.77. The maximum absolute atomic E-state index is 14.4. The van der Waals surface area contributed by atoms with E-state index in [1.807, 2.05) is 68.4 Å². The van der Waals surface area contributed by atoms with E-state index in [4.69, 9.17) is 4.74 Å². The Bertz CT molecular complexity index is 1520.